The maximum absolute atomic E-state index is 12.0. The van der Waals surface area contributed by atoms with Crippen LogP contribution in [-0.2, 0) is 19.4 Å². The summed E-state index contributed by atoms with van der Waals surface area (Å²) in [5, 5.41) is 11.1. The van der Waals surface area contributed by atoms with Crippen LogP contribution < -0.4 is 0 Å². The van der Waals surface area contributed by atoms with Gasteiger partial charge in [-0.2, -0.15) is 0 Å². The lowest BCUT2D eigenvalue weighted by Crippen LogP contribution is -2.34. The van der Waals surface area contributed by atoms with Crippen LogP contribution in [0, 0.1) is 0 Å². The molecule has 1 aliphatic rings. The third-order valence-electron chi connectivity index (χ3n) is 4.95. The van der Waals surface area contributed by atoms with Crippen molar-refractivity contribution in [3.8, 4) is 0 Å². The molecule has 2 aromatic carbocycles. The Kier molecular flexibility index (Phi) is 4.62. The molecule has 0 atom stereocenters. The first-order valence-corrected chi connectivity index (χ1v) is 9.10. The van der Waals surface area contributed by atoms with Gasteiger partial charge in [0.05, 0.1) is 11.1 Å². The van der Waals surface area contributed by atoms with Gasteiger partial charge in [-0.3, -0.25) is 9.88 Å². The molecule has 26 heavy (non-hydrogen) atoms. The molecule has 1 aromatic heterocycles. The first kappa shape index (κ1) is 17.0. The number of hydrogen-bond acceptors (Lipinski definition) is 3. The van der Waals surface area contributed by atoms with Crippen molar-refractivity contribution in [2.75, 3.05) is 13.1 Å². The molecule has 5 heteroatoms. The molecule has 2 heterocycles. The van der Waals surface area contributed by atoms with Crippen molar-refractivity contribution in [1.82, 2.24) is 9.88 Å². The lowest BCUT2D eigenvalue weighted by Gasteiger charge is -2.29. The topological polar surface area (TPSA) is 53.4 Å². The van der Waals surface area contributed by atoms with E-state index in [1.807, 2.05) is 18.2 Å². The third kappa shape index (κ3) is 3.30. The number of benzene rings is 2. The van der Waals surface area contributed by atoms with Gasteiger partial charge in [-0.1, -0.05) is 48.0 Å². The van der Waals surface area contributed by atoms with Gasteiger partial charge in [0, 0.05) is 47.7 Å². The number of pyridine rings is 1. The van der Waals surface area contributed by atoms with Crippen LogP contribution in [0.3, 0.4) is 0 Å². The molecule has 0 saturated carbocycles. The second kappa shape index (κ2) is 7.06. The quantitative estimate of drug-likeness (QED) is 0.752. The molecule has 3 aromatic rings. The number of hydrogen-bond donors (Lipinski definition) is 1. The highest BCUT2D eigenvalue weighted by Gasteiger charge is 2.25. The van der Waals surface area contributed by atoms with Crippen molar-refractivity contribution in [2.24, 2.45) is 0 Å². The summed E-state index contributed by atoms with van der Waals surface area (Å²) in [5.74, 6) is -0.902. The molecule has 0 saturated heterocycles. The van der Waals surface area contributed by atoms with Gasteiger partial charge in [-0.25, -0.2) is 4.79 Å². The molecule has 4 nitrogen and oxygen atoms in total. The zero-order chi connectivity index (χ0) is 18.1. The van der Waals surface area contributed by atoms with Crippen LogP contribution in [0.15, 0.2) is 48.5 Å². The predicted molar refractivity (Wildman–Crippen MR) is 103 cm³/mol. The number of rotatable bonds is 4. The van der Waals surface area contributed by atoms with Crippen molar-refractivity contribution >= 4 is 28.5 Å². The van der Waals surface area contributed by atoms with Gasteiger partial charge >= 0.3 is 5.97 Å². The molecule has 0 amide bonds. The average molecular weight is 367 g/mol. The van der Waals surface area contributed by atoms with Gasteiger partial charge in [-0.05, 0) is 24.1 Å². The number of fused-ring (bicyclic) bond motifs is 2. The van der Waals surface area contributed by atoms with Crippen molar-refractivity contribution in [1.29, 1.82) is 0 Å². The van der Waals surface area contributed by atoms with Crippen LogP contribution >= 0.6 is 11.6 Å². The first-order valence-electron chi connectivity index (χ1n) is 8.72. The highest BCUT2D eigenvalue weighted by molar-refractivity contribution is 6.31. The molecule has 4 rings (SSSR count). The van der Waals surface area contributed by atoms with E-state index >= 15 is 0 Å². The molecular formula is C21H19ClN2O2. The van der Waals surface area contributed by atoms with Crippen LogP contribution in [0.1, 0.15) is 27.2 Å². The lowest BCUT2D eigenvalue weighted by atomic mass is 9.95. The van der Waals surface area contributed by atoms with E-state index in [2.05, 4.69) is 17.0 Å². The summed E-state index contributed by atoms with van der Waals surface area (Å²) in [7, 11) is 0. The van der Waals surface area contributed by atoms with Crippen molar-refractivity contribution < 1.29 is 9.90 Å². The predicted octanol–water partition coefficient (Wildman–Crippen LogP) is 4.19. The summed E-state index contributed by atoms with van der Waals surface area (Å²) < 4.78 is 0. The second-order valence-electron chi connectivity index (χ2n) is 6.64. The number of halogens is 1. The molecule has 132 valence electrons. The Bertz CT molecular complexity index is 973. The Hall–Kier alpha value is -2.43. The van der Waals surface area contributed by atoms with Gasteiger partial charge in [-0.15, -0.1) is 0 Å². The molecular weight excluding hydrogens is 348 g/mol. The first-order chi connectivity index (χ1) is 12.6. The summed E-state index contributed by atoms with van der Waals surface area (Å²) in [6.07, 6.45) is 1.71. The van der Waals surface area contributed by atoms with E-state index in [1.54, 1.807) is 18.2 Å². The normalized spacial score (nSPS) is 14.3. The Morgan fingerprint density at radius 1 is 1.19 bits per heavy atom. The maximum atomic E-state index is 12.0. The van der Waals surface area contributed by atoms with Gasteiger partial charge < -0.3 is 5.11 Å². The fourth-order valence-corrected chi connectivity index (χ4v) is 3.81. The molecule has 0 spiro atoms. The van der Waals surface area contributed by atoms with E-state index in [-0.39, 0.29) is 0 Å². The van der Waals surface area contributed by atoms with Gasteiger partial charge in [0.25, 0.3) is 0 Å². The average Bonchev–Trinajstić information content (AvgIpc) is 2.65. The minimum absolute atomic E-state index is 0.367. The van der Waals surface area contributed by atoms with Crippen molar-refractivity contribution in [3.05, 3.63) is 75.9 Å². The summed E-state index contributed by atoms with van der Waals surface area (Å²) in [6.45, 7) is 2.41. The summed E-state index contributed by atoms with van der Waals surface area (Å²) in [5.41, 5.74) is 4.04. The molecule has 1 aliphatic heterocycles. The number of aromatic carboxylic acids is 1. The fourth-order valence-electron chi connectivity index (χ4n) is 3.64. The van der Waals surface area contributed by atoms with Gasteiger partial charge in [0.15, 0.2) is 0 Å². The van der Waals surface area contributed by atoms with Gasteiger partial charge in [0.2, 0.25) is 0 Å². The van der Waals surface area contributed by atoms with Crippen molar-refractivity contribution in [3.63, 3.8) is 0 Å². The van der Waals surface area contributed by atoms with E-state index < -0.39 is 5.97 Å². The Labute approximate surface area is 157 Å². The molecule has 1 N–H and O–H groups in total. The van der Waals surface area contributed by atoms with Crippen LogP contribution in [0.25, 0.3) is 10.9 Å². The molecule has 0 unspecified atom stereocenters. The van der Waals surface area contributed by atoms with E-state index in [1.165, 1.54) is 5.56 Å². The summed E-state index contributed by atoms with van der Waals surface area (Å²) in [6, 6.07) is 15.6. The molecule has 0 aliphatic carbocycles. The van der Waals surface area contributed by atoms with E-state index in [0.29, 0.717) is 28.0 Å². The van der Waals surface area contributed by atoms with E-state index in [9.17, 15) is 9.90 Å². The van der Waals surface area contributed by atoms with Crippen LogP contribution in [0.2, 0.25) is 5.02 Å². The largest absolute Gasteiger partial charge is 0.478 e. The number of aromatic nitrogens is 1. The Morgan fingerprint density at radius 3 is 2.77 bits per heavy atom. The number of carboxylic acid groups (broad SMARTS) is 1. The highest BCUT2D eigenvalue weighted by atomic mass is 35.5. The zero-order valence-corrected chi connectivity index (χ0v) is 15.0. The zero-order valence-electron chi connectivity index (χ0n) is 14.3. The Morgan fingerprint density at radius 2 is 2.00 bits per heavy atom. The lowest BCUT2D eigenvalue weighted by molar-refractivity contribution is 0.0695. The Balaban J connectivity index is 1.65. The van der Waals surface area contributed by atoms with Crippen molar-refractivity contribution in [2.45, 2.75) is 19.4 Å². The number of nitrogens with zero attached hydrogens (tertiary/aromatic N) is 2. The maximum Gasteiger partial charge on any atom is 0.336 e. The second-order valence-corrected chi connectivity index (χ2v) is 7.08. The third-order valence-corrected chi connectivity index (χ3v) is 5.19. The standard InChI is InChI=1S/C21H19ClN2O2/c22-15-6-7-16-19(12-15)23-18-9-11-24(13-17(18)20(16)21(25)26)10-8-14-4-2-1-3-5-14/h1-7,12H,8-11,13H2,(H,25,26). The SMILES string of the molecule is O=C(O)c1c2c(nc3cc(Cl)ccc13)CCN(CCc1ccccc1)C2. The van der Waals surface area contributed by atoms with E-state index in [4.69, 9.17) is 16.6 Å². The minimum atomic E-state index is -0.902. The number of carboxylic acids is 1. The number of carbonyl (C=O) groups is 1. The van der Waals surface area contributed by atoms with Crippen LogP contribution in [0.5, 0.6) is 0 Å². The monoisotopic (exact) mass is 366 g/mol. The molecule has 0 bridgehead atoms. The minimum Gasteiger partial charge on any atom is -0.478 e. The van der Waals surface area contributed by atoms with Crippen LogP contribution in [0.4, 0.5) is 0 Å². The molecule has 0 fully saturated rings. The summed E-state index contributed by atoms with van der Waals surface area (Å²) in [4.78, 5) is 19.0. The van der Waals surface area contributed by atoms with Gasteiger partial charge in [0.1, 0.15) is 0 Å². The summed E-state index contributed by atoms with van der Waals surface area (Å²) >= 11 is 6.06. The smallest absolute Gasteiger partial charge is 0.336 e. The van der Waals surface area contributed by atoms with E-state index in [0.717, 1.165) is 37.2 Å². The highest BCUT2D eigenvalue weighted by Crippen LogP contribution is 2.29. The molecule has 0 radical (unpaired) electrons. The van der Waals surface area contributed by atoms with Crippen LogP contribution in [-0.4, -0.2) is 34.0 Å². The fraction of sp³-hybridized carbons (Fsp3) is 0.238.